The zero-order valence-electron chi connectivity index (χ0n) is 14.3. The monoisotopic (exact) mass is 378 g/mol. The van der Waals surface area contributed by atoms with Crippen molar-refractivity contribution in [3.05, 3.63) is 60.7 Å². The predicted octanol–water partition coefficient (Wildman–Crippen LogP) is 2.75. The molecule has 1 atom stereocenters. The van der Waals surface area contributed by atoms with E-state index >= 15 is 0 Å². The van der Waals surface area contributed by atoms with Gasteiger partial charge in [0.15, 0.2) is 0 Å². The highest BCUT2D eigenvalue weighted by Gasteiger charge is 2.28. The molecule has 0 aromatic heterocycles. The van der Waals surface area contributed by atoms with Crippen LogP contribution in [-0.4, -0.2) is 38.9 Å². The second-order valence-corrected chi connectivity index (χ2v) is 8.55. The summed E-state index contributed by atoms with van der Waals surface area (Å²) in [6, 6.07) is 17.7. The molecule has 25 heavy (non-hydrogen) atoms. The van der Waals surface area contributed by atoms with Crippen molar-refractivity contribution >= 4 is 33.4 Å². The molecule has 0 saturated heterocycles. The number of amides is 1. The number of hydrogen-bond donors (Lipinski definition) is 1. The van der Waals surface area contributed by atoms with Crippen LogP contribution >= 0.6 is 11.8 Å². The lowest BCUT2D eigenvalue weighted by atomic mass is 10.2. The first kappa shape index (κ1) is 19.3. The summed E-state index contributed by atoms with van der Waals surface area (Å²) in [6.07, 6.45) is 1.11. The number of para-hydroxylation sites is 1. The molecular formula is C18H22N2O3S2. The fourth-order valence-electron chi connectivity index (χ4n) is 2.39. The summed E-state index contributed by atoms with van der Waals surface area (Å²) in [7, 11) is -3.57. The Balaban J connectivity index is 1.94. The lowest BCUT2D eigenvalue weighted by Gasteiger charge is -2.28. The molecule has 0 heterocycles. The molecule has 2 aromatic carbocycles. The number of sulfonamides is 1. The average Bonchev–Trinajstić information content (AvgIpc) is 2.59. The van der Waals surface area contributed by atoms with E-state index < -0.39 is 16.1 Å². The van der Waals surface area contributed by atoms with Crippen molar-refractivity contribution in [2.45, 2.75) is 17.9 Å². The van der Waals surface area contributed by atoms with Crippen LogP contribution in [-0.2, 0) is 14.8 Å². The van der Waals surface area contributed by atoms with Gasteiger partial charge in [-0.1, -0.05) is 36.4 Å². The molecule has 0 aliphatic rings. The minimum atomic E-state index is -3.57. The summed E-state index contributed by atoms with van der Waals surface area (Å²) in [5.41, 5.74) is 0.478. The van der Waals surface area contributed by atoms with Gasteiger partial charge in [-0.3, -0.25) is 9.10 Å². The molecule has 7 heteroatoms. The lowest BCUT2D eigenvalue weighted by molar-refractivity contribution is -0.121. The number of carbonyl (C=O) groups is 1. The normalized spacial score (nSPS) is 12.4. The molecule has 2 aromatic rings. The molecule has 134 valence electrons. The Morgan fingerprint density at radius 1 is 1.08 bits per heavy atom. The van der Waals surface area contributed by atoms with E-state index in [4.69, 9.17) is 0 Å². The van der Waals surface area contributed by atoms with Gasteiger partial charge in [0.2, 0.25) is 15.9 Å². The summed E-state index contributed by atoms with van der Waals surface area (Å²) in [5, 5.41) is 2.81. The van der Waals surface area contributed by atoms with E-state index in [-0.39, 0.29) is 5.91 Å². The number of benzene rings is 2. The van der Waals surface area contributed by atoms with Crippen LogP contribution in [0.4, 0.5) is 5.69 Å². The smallest absolute Gasteiger partial charge is 0.243 e. The zero-order chi connectivity index (χ0) is 18.3. The Bertz CT molecular complexity index is 780. The van der Waals surface area contributed by atoms with Crippen LogP contribution in [0.25, 0.3) is 0 Å². The third-order valence-electron chi connectivity index (χ3n) is 3.51. The molecular weight excluding hydrogens is 356 g/mol. The number of anilines is 1. The number of nitrogens with one attached hydrogen (secondary N) is 1. The Labute approximate surface area is 153 Å². The van der Waals surface area contributed by atoms with E-state index in [1.54, 1.807) is 49.0 Å². The Hall–Kier alpha value is -1.99. The van der Waals surface area contributed by atoms with Crippen LogP contribution in [0.3, 0.4) is 0 Å². The Kier molecular flexibility index (Phi) is 6.90. The standard InChI is InChI=1S/C18H22N2O3S2/c1-15(20(25(2,22)23)16-9-5-3-6-10-16)18(21)19-13-14-24-17-11-7-4-8-12-17/h3-12,15H,13-14H2,1-2H3,(H,19,21)/t15-/m1/s1. The van der Waals surface area contributed by atoms with E-state index in [0.717, 1.165) is 15.5 Å². The molecule has 0 radical (unpaired) electrons. The third-order valence-corrected chi connectivity index (χ3v) is 5.77. The summed E-state index contributed by atoms with van der Waals surface area (Å²) in [5.74, 6) is 0.398. The predicted molar refractivity (Wildman–Crippen MR) is 103 cm³/mol. The molecule has 2 rings (SSSR count). The number of nitrogens with zero attached hydrogens (tertiary/aromatic N) is 1. The second-order valence-electron chi connectivity index (χ2n) is 5.52. The van der Waals surface area contributed by atoms with Crippen molar-refractivity contribution in [1.29, 1.82) is 0 Å². The first-order valence-corrected chi connectivity index (χ1v) is 10.7. The SMILES string of the molecule is C[C@H](C(=O)NCCSc1ccccc1)N(c1ccccc1)S(C)(=O)=O. The van der Waals surface area contributed by atoms with E-state index in [9.17, 15) is 13.2 Å². The summed E-state index contributed by atoms with van der Waals surface area (Å²) in [4.78, 5) is 13.5. The number of thioether (sulfide) groups is 1. The third kappa shape index (κ3) is 5.79. The van der Waals surface area contributed by atoms with Crippen molar-refractivity contribution in [3.63, 3.8) is 0 Å². The van der Waals surface area contributed by atoms with Crippen molar-refractivity contribution in [2.75, 3.05) is 22.9 Å². The van der Waals surface area contributed by atoms with Gasteiger partial charge in [-0.25, -0.2) is 8.42 Å². The lowest BCUT2D eigenvalue weighted by Crippen LogP contribution is -2.48. The first-order valence-electron chi connectivity index (χ1n) is 7.89. The van der Waals surface area contributed by atoms with Crippen LogP contribution in [0, 0.1) is 0 Å². The van der Waals surface area contributed by atoms with Gasteiger partial charge in [-0.05, 0) is 31.2 Å². The highest BCUT2D eigenvalue weighted by molar-refractivity contribution is 7.99. The van der Waals surface area contributed by atoms with Crippen molar-refractivity contribution in [1.82, 2.24) is 5.32 Å². The van der Waals surface area contributed by atoms with E-state index in [1.165, 1.54) is 0 Å². The molecule has 0 bridgehead atoms. The minimum Gasteiger partial charge on any atom is -0.353 e. The average molecular weight is 379 g/mol. The molecule has 0 saturated carbocycles. The van der Waals surface area contributed by atoms with Gasteiger partial charge in [0.05, 0.1) is 11.9 Å². The Morgan fingerprint density at radius 3 is 2.20 bits per heavy atom. The largest absolute Gasteiger partial charge is 0.353 e. The molecule has 0 spiro atoms. The van der Waals surface area contributed by atoms with Gasteiger partial charge in [-0.15, -0.1) is 11.8 Å². The molecule has 1 amide bonds. The van der Waals surface area contributed by atoms with Gasteiger partial charge in [0.25, 0.3) is 0 Å². The molecule has 1 N–H and O–H groups in total. The fourth-order valence-corrected chi connectivity index (χ4v) is 4.36. The van der Waals surface area contributed by atoms with Crippen LogP contribution in [0.15, 0.2) is 65.6 Å². The van der Waals surface area contributed by atoms with Crippen LogP contribution < -0.4 is 9.62 Å². The molecule has 5 nitrogen and oxygen atoms in total. The quantitative estimate of drug-likeness (QED) is 0.567. The maximum atomic E-state index is 12.4. The maximum absolute atomic E-state index is 12.4. The van der Waals surface area contributed by atoms with Crippen LogP contribution in [0.5, 0.6) is 0 Å². The molecule has 0 unspecified atom stereocenters. The van der Waals surface area contributed by atoms with Gasteiger partial charge >= 0.3 is 0 Å². The van der Waals surface area contributed by atoms with Gasteiger partial charge < -0.3 is 5.32 Å². The topological polar surface area (TPSA) is 66.5 Å². The van der Waals surface area contributed by atoms with E-state index in [2.05, 4.69) is 5.32 Å². The van der Waals surface area contributed by atoms with Gasteiger partial charge in [0.1, 0.15) is 6.04 Å². The van der Waals surface area contributed by atoms with Gasteiger partial charge in [0, 0.05) is 17.2 Å². The minimum absolute atomic E-state index is 0.317. The summed E-state index contributed by atoms with van der Waals surface area (Å²) < 4.78 is 25.4. The second kappa shape index (κ2) is 8.92. The van der Waals surface area contributed by atoms with Crippen LogP contribution in [0.1, 0.15) is 6.92 Å². The zero-order valence-corrected chi connectivity index (χ0v) is 15.9. The van der Waals surface area contributed by atoms with Gasteiger partial charge in [-0.2, -0.15) is 0 Å². The van der Waals surface area contributed by atoms with Crippen molar-refractivity contribution in [3.8, 4) is 0 Å². The highest BCUT2D eigenvalue weighted by atomic mass is 32.2. The van der Waals surface area contributed by atoms with E-state index in [1.807, 2.05) is 30.3 Å². The molecule has 0 fully saturated rings. The van der Waals surface area contributed by atoms with Crippen molar-refractivity contribution in [2.24, 2.45) is 0 Å². The number of hydrogen-bond acceptors (Lipinski definition) is 4. The highest BCUT2D eigenvalue weighted by Crippen LogP contribution is 2.20. The fraction of sp³-hybridized carbons (Fsp3) is 0.278. The number of rotatable bonds is 8. The summed E-state index contributed by atoms with van der Waals surface area (Å²) >= 11 is 1.64. The first-order chi connectivity index (χ1) is 11.9. The van der Waals surface area contributed by atoms with Crippen molar-refractivity contribution < 1.29 is 13.2 Å². The number of carbonyl (C=O) groups excluding carboxylic acids is 1. The maximum Gasteiger partial charge on any atom is 0.243 e. The molecule has 0 aliphatic carbocycles. The molecule has 0 aliphatic heterocycles. The Morgan fingerprint density at radius 2 is 1.64 bits per heavy atom. The summed E-state index contributed by atoms with van der Waals surface area (Å²) in [6.45, 7) is 2.06. The van der Waals surface area contributed by atoms with Crippen LogP contribution in [0.2, 0.25) is 0 Å². The van der Waals surface area contributed by atoms with E-state index in [0.29, 0.717) is 18.0 Å².